The number of hydrogen-bond donors (Lipinski definition) is 3. The fraction of sp³-hybridized carbons (Fsp3) is 0.250. The van der Waals surface area contributed by atoms with Crippen LogP contribution in [-0.2, 0) is 6.54 Å². The number of halogens is 1. The number of ether oxygens (including phenoxy) is 1. The number of methoxy groups -OCH3 is 1. The largest absolute Gasteiger partial charge is 0.503 e. The van der Waals surface area contributed by atoms with Gasteiger partial charge in [0.1, 0.15) is 0 Å². The molecule has 0 aliphatic carbocycles. The van der Waals surface area contributed by atoms with Crippen LogP contribution >= 0.6 is 15.9 Å². The van der Waals surface area contributed by atoms with E-state index in [1.54, 1.807) is 6.07 Å². The molecule has 0 saturated heterocycles. The van der Waals surface area contributed by atoms with Crippen molar-refractivity contribution in [3.63, 3.8) is 0 Å². The highest BCUT2D eigenvalue weighted by molar-refractivity contribution is 9.10. The zero-order valence-electron chi connectivity index (χ0n) is 7.17. The lowest BCUT2D eigenvalue weighted by Gasteiger charge is -2.08. The van der Waals surface area contributed by atoms with Crippen molar-refractivity contribution in [3.8, 4) is 11.5 Å². The van der Waals surface area contributed by atoms with Crippen LogP contribution in [0.4, 0.5) is 0 Å². The Kier molecular flexibility index (Phi) is 3.53. The third kappa shape index (κ3) is 2.12. The summed E-state index contributed by atoms with van der Waals surface area (Å²) in [5, 5.41) is 9.56. The molecule has 0 aromatic heterocycles. The van der Waals surface area contributed by atoms with Gasteiger partial charge in [-0.15, -0.1) is 0 Å². The summed E-state index contributed by atoms with van der Waals surface area (Å²) in [6.07, 6.45) is 0. The zero-order chi connectivity index (χ0) is 9.84. The van der Waals surface area contributed by atoms with E-state index in [0.717, 1.165) is 5.56 Å². The van der Waals surface area contributed by atoms with E-state index in [9.17, 15) is 5.11 Å². The minimum absolute atomic E-state index is 0.0928. The molecule has 0 amide bonds. The van der Waals surface area contributed by atoms with E-state index in [1.165, 1.54) is 7.11 Å². The van der Waals surface area contributed by atoms with Gasteiger partial charge in [0.05, 0.1) is 11.6 Å². The lowest BCUT2D eigenvalue weighted by atomic mass is 10.2. The van der Waals surface area contributed by atoms with Gasteiger partial charge in [-0.3, -0.25) is 11.3 Å². The lowest BCUT2D eigenvalue weighted by molar-refractivity contribution is 0.371. The van der Waals surface area contributed by atoms with E-state index in [2.05, 4.69) is 21.4 Å². The Bertz CT molecular complexity index is 304. The van der Waals surface area contributed by atoms with Gasteiger partial charge in [0, 0.05) is 6.54 Å². The molecule has 4 N–H and O–H groups in total. The van der Waals surface area contributed by atoms with Gasteiger partial charge in [0.2, 0.25) is 0 Å². The molecule has 1 aromatic carbocycles. The summed E-state index contributed by atoms with van der Waals surface area (Å²) in [5.41, 5.74) is 3.38. The highest BCUT2D eigenvalue weighted by atomic mass is 79.9. The van der Waals surface area contributed by atoms with Crippen LogP contribution in [-0.4, -0.2) is 12.2 Å². The third-order valence-electron chi connectivity index (χ3n) is 1.67. The van der Waals surface area contributed by atoms with Crippen LogP contribution in [0.15, 0.2) is 16.6 Å². The molecule has 1 rings (SSSR count). The number of nitrogens with two attached hydrogens (primary N) is 1. The Hall–Kier alpha value is -0.780. The van der Waals surface area contributed by atoms with Crippen molar-refractivity contribution in [1.29, 1.82) is 0 Å². The topological polar surface area (TPSA) is 67.5 Å². The van der Waals surface area contributed by atoms with E-state index < -0.39 is 0 Å². The monoisotopic (exact) mass is 246 g/mol. The second kappa shape index (κ2) is 4.45. The minimum Gasteiger partial charge on any atom is -0.503 e. The summed E-state index contributed by atoms with van der Waals surface area (Å²) in [7, 11) is 1.50. The van der Waals surface area contributed by atoms with Crippen LogP contribution in [0, 0.1) is 0 Å². The van der Waals surface area contributed by atoms with Crippen molar-refractivity contribution in [2.45, 2.75) is 6.54 Å². The average molecular weight is 247 g/mol. The number of phenols is 1. The molecule has 0 fully saturated rings. The number of hydrazine groups is 1. The summed E-state index contributed by atoms with van der Waals surface area (Å²) < 4.78 is 5.53. The first-order valence-corrected chi connectivity index (χ1v) is 4.47. The number of rotatable bonds is 3. The molecular formula is C8H11BrN2O2. The van der Waals surface area contributed by atoms with Crippen LogP contribution < -0.4 is 16.0 Å². The number of benzene rings is 1. The third-order valence-corrected chi connectivity index (χ3v) is 2.56. The SMILES string of the molecule is COc1ccc(CNN)c(Br)c1O. The fourth-order valence-corrected chi connectivity index (χ4v) is 1.47. The lowest BCUT2D eigenvalue weighted by Crippen LogP contribution is -2.21. The van der Waals surface area contributed by atoms with Crippen LogP contribution in [0.2, 0.25) is 0 Å². The summed E-state index contributed by atoms with van der Waals surface area (Å²) in [6, 6.07) is 3.51. The summed E-state index contributed by atoms with van der Waals surface area (Å²) in [4.78, 5) is 0. The molecule has 4 nitrogen and oxygen atoms in total. The first kappa shape index (κ1) is 10.3. The number of phenolic OH excluding ortho intramolecular Hbond substituents is 1. The van der Waals surface area contributed by atoms with Crippen molar-refractivity contribution < 1.29 is 9.84 Å². The van der Waals surface area contributed by atoms with Gasteiger partial charge in [-0.1, -0.05) is 6.07 Å². The van der Waals surface area contributed by atoms with E-state index in [4.69, 9.17) is 10.6 Å². The molecule has 13 heavy (non-hydrogen) atoms. The second-order valence-electron chi connectivity index (χ2n) is 2.47. The van der Waals surface area contributed by atoms with Gasteiger partial charge >= 0.3 is 0 Å². The van der Waals surface area contributed by atoms with Crippen LogP contribution in [0.5, 0.6) is 11.5 Å². The second-order valence-corrected chi connectivity index (χ2v) is 3.26. The molecule has 0 spiro atoms. The highest BCUT2D eigenvalue weighted by Gasteiger charge is 2.09. The van der Waals surface area contributed by atoms with Crippen LogP contribution in [0.25, 0.3) is 0 Å². The molecule has 5 heteroatoms. The highest BCUT2D eigenvalue weighted by Crippen LogP contribution is 2.36. The quantitative estimate of drug-likeness (QED) is 0.553. The molecule has 0 heterocycles. The summed E-state index contributed by atoms with van der Waals surface area (Å²) in [5.74, 6) is 5.70. The minimum atomic E-state index is 0.0928. The smallest absolute Gasteiger partial charge is 0.172 e. The Morgan fingerprint density at radius 2 is 2.31 bits per heavy atom. The molecule has 0 aliphatic heterocycles. The van der Waals surface area contributed by atoms with Crippen LogP contribution in [0.1, 0.15) is 5.56 Å². The van der Waals surface area contributed by atoms with Gasteiger partial charge in [-0.2, -0.15) is 0 Å². The molecule has 72 valence electrons. The first-order chi connectivity index (χ1) is 6.20. The van der Waals surface area contributed by atoms with Crippen LogP contribution in [0.3, 0.4) is 0 Å². The molecule has 0 atom stereocenters. The molecule has 0 radical (unpaired) electrons. The van der Waals surface area contributed by atoms with Crippen molar-refractivity contribution in [1.82, 2.24) is 5.43 Å². The van der Waals surface area contributed by atoms with Gasteiger partial charge in [0.25, 0.3) is 0 Å². The van der Waals surface area contributed by atoms with E-state index >= 15 is 0 Å². The summed E-state index contributed by atoms with van der Waals surface area (Å²) >= 11 is 3.25. The maximum Gasteiger partial charge on any atom is 0.172 e. The van der Waals surface area contributed by atoms with E-state index in [-0.39, 0.29) is 5.75 Å². The molecule has 1 aromatic rings. The van der Waals surface area contributed by atoms with Gasteiger partial charge < -0.3 is 9.84 Å². The molecular weight excluding hydrogens is 236 g/mol. The Morgan fingerprint density at radius 1 is 1.62 bits per heavy atom. The average Bonchev–Trinajstić information content (AvgIpc) is 2.14. The first-order valence-electron chi connectivity index (χ1n) is 3.68. The van der Waals surface area contributed by atoms with E-state index in [1.807, 2.05) is 6.07 Å². The molecule has 0 unspecified atom stereocenters. The fourth-order valence-electron chi connectivity index (χ4n) is 1.000. The van der Waals surface area contributed by atoms with Gasteiger partial charge in [0.15, 0.2) is 11.5 Å². The normalized spacial score (nSPS) is 10.1. The van der Waals surface area contributed by atoms with Crippen molar-refractivity contribution in [2.24, 2.45) is 5.84 Å². The zero-order valence-corrected chi connectivity index (χ0v) is 8.76. The van der Waals surface area contributed by atoms with E-state index in [0.29, 0.717) is 16.8 Å². The van der Waals surface area contributed by atoms with Crippen molar-refractivity contribution >= 4 is 15.9 Å². The predicted molar refractivity (Wildman–Crippen MR) is 53.4 cm³/mol. The van der Waals surface area contributed by atoms with Crippen molar-refractivity contribution in [3.05, 3.63) is 22.2 Å². The van der Waals surface area contributed by atoms with Gasteiger partial charge in [-0.05, 0) is 27.6 Å². The maximum absolute atomic E-state index is 9.56. The Morgan fingerprint density at radius 3 is 2.85 bits per heavy atom. The maximum atomic E-state index is 9.56. The number of nitrogens with one attached hydrogen (secondary N) is 1. The number of hydrogen-bond acceptors (Lipinski definition) is 4. The summed E-state index contributed by atoms with van der Waals surface area (Å²) in [6.45, 7) is 0.484. The predicted octanol–water partition coefficient (Wildman–Crippen LogP) is 1.13. The van der Waals surface area contributed by atoms with Gasteiger partial charge in [-0.25, -0.2) is 0 Å². The molecule has 0 aliphatic rings. The van der Waals surface area contributed by atoms with Crippen molar-refractivity contribution in [2.75, 3.05) is 7.11 Å². The standard InChI is InChI=1S/C8H11BrN2O2/c1-13-6-3-2-5(4-11-10)7(9)8(6)12/h2-3,11-12H,4,10H2,1H3. The Labute approximate surface area is 84.8 Å². The molecule has 0 bridgehead atoms. The molecule has 0 saturated carbocycles. The Balaban J connectivity index is 3.07. The number of aromatic hydroxyl groups is 1.